The van der Waals surface area contributed by atoms with Crippen molar-refractivity contribution in [1.29, 1.82) is 0 Å². The minimum Gasteiger partial charge on any atom is -0.508 e. The van der Waals surface area contributed by atoms with Gasteiger partial charge < -0.3 is 5.11 Å². The summed E-state index contributed by atoms with van der Waals surface area (Å²) in [7, 11) is 0. The maximum atomic E-state index is 9.11. The lowest BCUT2D eigenvalue weighted by molar-refractivity contribution is 0.475. The van der Waals surface area contributed by atoms with Crippen LogP contribution in [-0.4, -0.2) is 5.11 Å². The third-order valence-corrected chi connectivity index (χ3v) is 2.78. The number of allylic oxidation sites excluding steroid dienone is 3. The number of benzene rings is 1. The largest absolute Gasteiger partial charge is 0.508 e. The van der Waals surface area contributed by atoms with Crippen LogP contribution in [-0.2, 0) is 6.42 Å². The molecule has 1 aromatic rings. The highest BCUT2D eigenvalue weighted by molar-refractivity contribution is 9.11. The summed E-state index contributed by atoms with van der Waals surface area (Å²) in [6.07, 6.45) is 6.89. The molecule has 1 N–H and O–H groups in total. The molecule has 0 aromatic heterocycles. The molecule has 0 atom stereocenters. The van der Waals surface area contributed by atoms with Crippen molar-refractivity contribution >= 4 is 15.9 Å². The summed E-state index contributed by atoms with van der Waals surface area (Å²) < 4.78 is 1.18. The van der Waals surface area contributed by atoms with Gasteiger partial charge in [-0.1, -0.05) is 46.8 Å². The van der Waals surface area contributed by atoms with Crippen LogP contribution in [0, 0.1) is 0 Å². The Balaban J connectivity index is 2.35. The highest BCUT2D eigenvalue weighted by Crippen LogP contribution is 2.16. The van der Waals surface area contributed by atoms with Gasteiger partial charge in [-0.25, -0.2) is 0 Å². The molecular weight excluding hydrogens is 252 g/mol. The van der Waals surface area contributed by atoms with Gasteiger partial charge in [-0.05, 0) is 41.4 Å². The Labute approximate surface area is 99.3 Å². The monoisotopic (exact) mass is 266 g/mol. The van der Waals surface area contributed by atoms with Crippen LogP contribution in [0.15, 0.2) is 47.5 Å². The Kier molecular flexibility index (Phi) is 5.19. The van der Waals surface area contributed by atoms with Crippen LogP contribution >= 0.6 is 15.9 Å². The van der Waals surface area contributed by atoms with E-state index in [0.717, 1.165) is 19.3 Å². The fourth-order valence-corrected chi connectivity index (χ4v) is 1.80. The molecule has 0 heterocycles. The first-order chi connectivity index (χ1) is 7.22. The molecule has 0 spiro atoms. The van der Waals surface area contributed by atoms with Crippen LogP contribution in [0.5, 0.6) is 5.75 Å². The highest BCUT2D eigenvalue weighted by atomic mass is 79.9. The molecular formula is C13H15BrO. The fourth-order valence-electron chi connectivity index (χ4n) is 1.34. The molecule has 80 valence electrons. The average molecular weight is 267 g/mol. The predicted molar refractivity (Wildman–Crippen MR) is 68.3 cm³/mol. The lowest BCUT2D eigenvalue weighted by atomic mass is 10.1. The molecule has 1 rings (SSSR count). The zero-order chi connectivity index (χ0) is 11.1. The summed E-state index contributed by atoms with van der Waals surface area (Å²) in [5.74, 6) is 0.325. The SMILES string of the molecule is C=C/C=C(/Br)CCCc1ccc(O)cc1. The molecule has 0 bridgehead atoms. The van der Waals surface area contributed by atoms with E-state index in [1.807, 2.05) is 18.2 Å². The van der Waals surface area contributed by atoms with E-state index in [0.29, 0.717) is 5.75 Å². The van der Waals surface area contributed by atoms with Crippen LogP contribution in [0.1, 0.15) is 18.4 Å². The van der Waals surface area contributed by atoms with Crippen LogP contribution in [0.25, 0.3) is 0 Å². The highest BCUT2D eigenvalue weighted by Gasteiger charge is 1.95. The normalized spacial score (nSPS) is 11.4. The number of aromatic hydroxyl groups is 1. The molecule has 0 aliphatic carbocycles. The van der Waals surface area contributed by atoms with Crippen LogP contribution in [0.2, 0.25) is 0 Å². The average Bonchev–Trinajstić information content (AvgIpc) is 2.21. The number of rotatable bonds is 5. The van der Waals surface area contributed by atoms with Crippen LogP contribution in [0.4, 0.5) is 0 Å². The first-order valence-electron chi connectivity index (χ1n) is 4.97. The molecule has 0 aliphatic rings. The van der Waals surface area contributed by atoms with Gasteiger partial charge in [0.1, 0.15) is 5.75 Å². The number of hydrogen-bond acceptors (Lipinski definition) is 1. The van der Waals surface area contributed by atoms with E-state index in [1.165, 1.54) is 10.0 Å². The summed E-state index contributed by atoms with van der Waals surface area (Å²) in [6, 6.07) is 7.37. The summed E-state index contributed by atoms with van der Waals surface area (Å²) in [4.78, 5) is 0. The Morgan fingerprint density at radius 2 is 2.00 bits per heavy atom. The van der Waals surface area contributed by atoms with Gasteiger partial charge in [0, 0.05) is 0 Å². The lowest BCUT2D eigenvalue weighted by Crippen LogP contribution is -1.84. The Bertz CT molecular complexity index is 338. The van der Waals surface area contributed by atoms with E-state index in [-0.39, 0.29) is 0 Å². The molecule has 0 fully saturated rings. The van der Waals surface area contributed by atoms with Gasteiger partial charge >= 0.3 is 0 Å². The van der Waals surface area contributed by atoms with Gasteiger partial charge in [-0.3, -0.25) is 0 Å². The molecule has 0 aliphatic heterocycles. The van der Waals surface area contributed by atoms with Crippen molar-refractivity contribution in [3.8, 4) is 5.75 Å². The number of phenols is 1. The Morgan fingerprint density at radius 3 is 2.60 bits per heavy atom. The molecule has 15 heavy (non-hydrogen) atoms. The molecule has 0 saturated carbocycles. The van der Waals surface area contributed by atoms with E-state index < -0.39 is 0 Å². The van der Waals surface area contributed by atoms with E-state index in [2.05, 4.69) is 22.5 Å². The van der Waals surface area contributed by atoms with Gasteiger partial charge in [0.05, 0.1) is 0 Å². The van der Waals surface area contributed by atoms with Crippen molar-refractivity contribution in [2.24, 2.45) is 0 Å². The number of phenolic OH excluding ortho intramolecular Hbond substituents is 1. The summed E-state index contributed by atoms with van der Waals surface area (Å²) in [6.45, 7) is 3.64. The second-order valence-corrected chi connectivity index (χ2v) is 4.39. The van der Waals surface area contributed by atoms with E-state index in [4.69, 9.17) is 5.11 Å². The van der Waals surface area contributed by atoms with Crippen molar-refractivity contribution in [3.05, 3.63) is 53.0 Å². The van der Waals surface area contributed by atoms with Crippen molar-refractivity contribution in [2.75, 3.05) is 0 Å². The Hall–Kier alpha value is -1.02. The van der Waals surface area contributed by atoms with Crippen molar-refractivity contribution < 1.29 is 5.11 Å². The maximum absolute atomic E-state index is 9.11. The number of aryl methyl sites for hydroxylation is 1. The summed E-state index contributed by atoms with van der Waals surface area (Å²) in [5.41, 5.74) is 1.26. The molecule has 2 heteroatoms. The molecule has 1 aromatic carbocycles. The second kappa shape index (κ2) is 6.46. The quantitative estimate of drug-likeness (QED) is 0.793. The fraction of sp³-hybridized carbons (Fsp3) is 0.231. The van der Waals surface area contributed by atoms with Crippen molar-refractivity contribution in [3.63, 3.8) is 0 Å². The minimum absolute atomic E-state index is 0.325. The first kappa shape index (κ1) is 12.1. The maximum Gasteiger partial charge on any atom is 0.115 e. The zero-order valence-corrected chi connectivity index (χ0v) is 10.2. The summed E-state index contributed by atoms with van der Waals surface area (Å²) >= 11 is 3.47. The van der Waals surface area contributed by atoms with E-state index >= 15 is 0 Å². The molecule has 0 radical (unpaired) electrons. The standard InChI is InChI=1S/C13H15BrO/c1-2-4-12(14)6-3-5-11-7-9-13(15)10-8-11/h2,4,7-10,15H,1,3,5-6H2/b12-4+. The smallest absolute Gasteiger partial charge is 0.115 e. The topological polar surface area (TPSA) is 20.2 Å². The molecule has 0 unspecified atom stereocenters. The first-order valence-corrected chi connectivity index (χ1v) is 5.76. The molecule has 0 amide bonds. The van der Waals surface area contributed by atoms with Crippen molar-refractivity contribution in [2.45, 2.75) is 19.3 Å². The third-order valence-electron chi connectivity index (χ3n) is 2.12. The Morgan fingerprint density at radius 1 is 1.33 bits per heavy atom. The number of hydrogen-bond donors (Lipinski definition) is 1. The molecule has 1 nitrogen and oxygen atoms in total. The second-order valence-electron chi connectivity index (χ2n) is 3.37. The van der Waals surface area contributed by atoms with Gasteiger partial charge in [-0.15, -0.1) is 0 Å². The van der Waals surface area contributed by atoms with Crippen LogP contribution < -0.4 is 0 Å². The van der Waals surface area contributed by atoms with Gasteiger partial charge in [0.15, 0.2) is 0 Å². The van der Waals surface area contributed by atoms with Gasteiger partial charge in [0.25, 0.3) is 0 Å². The molecule has 0 saturated heterocycles. The van der Waals surface area contributed by atoms with Gasteiger partial charge in [-0.2, -0.15) is 0 Å². The minimum atomic E-state index is 0.325. The van der Waals surface area contributed by atoms with Crippen LogP contribution in [0.3, 0.4) is 0 Å². The third kappa shape index (κ3) is 4.84. The van der Waals surface area contributed by atoms with E-state index in [1.54, 1.807) is 18.2 Å². The summed E-state index contributed by atoms with van der Waals surface area (Å²) in [5, 5.41) is 9.11. The van der Waals surface area contributed by atoms with Gasteiger partial charge in [0.2, 0.25) is 0 Å². The lowest BCUT2D eigenvalue weighted by Gasteiger charge is -2.01. The van der Waals surface area contributed by atoms with E-state index in [9.17, 15) is 0 Å². The predicted octanol–water partition coefficient (Wildman–Crippen LogP) is 4.18. The van der Waals surface area contributed by atoms with Crippen molar-refractivity contribution in [1.82, 2.24) is 0 Å². The zero-order valence-electron chi connectivity index (χ0n) is 8.62. The number of halogens is 1.